The van der Waals surface area contributed by atoms with Gasteiger partial charge in [-0.15, -0.1) is 0 Å². The molecular weight excluding hydrogens is 340 g/mol. The van der Waals surface area contributed by atoms with Crippen LogP contribution in [0.1, 0.15) is 23.3 Å². The van der Waals surface area contributed by atoms with Crippen molar-refractivity contribution in [2.75, 3.05) is 6.61 Å². The van der Waals surface area contributed by atoms with Crippen molar-refractivity contribution in [1.29, 1.82) is 0 Å². The van der Waals surface area contributed by atoms with Gasteiger partial charge in [-0.3, -0.25) is 0 Å². The molecule has 0 aliphatic carbocycles. The number of nitrogens with two attached hydrogens (primary N) is 1. The van der Waals surface area contributed by atoms with Gasteiger partial charge in [0.1, 0.15) is 5.75 Å². The Balaban J connectivity index is 1.82. The standard InChI is InChI=1S/C22H22N2OS/c1-2-25-20-15-13-19(14-16-20)24-22(23)26-21(17-9-5-3-6-10-17)18-11-7-4-8-12-18/h3-16,21H,2H2,1H3,(H2,23,24). The molecule has 0 unspecified atom stereocenters. The number of ether oxygens (including phenoxy) is 1. The Hall–Kier alpha value is -2.72. The third kappa shape index (κ3) is 4.90. The van der Waals surface area contributed by atoms with Gasteiger partial charge in [0.2, 0.25) is 0 Å². The number of amidine groups is 1. The van der Waals surface area contributed by atoms with Gasteiger partial charge < -0.3 is 10.5 Å². The summed E-state index contributed by atoms with van der Waals surface area (Å²) in [5, 5.41) is 0.635. The second-order valence-electron chi connectivity index (χ2n) is 5.70. The number of nitrogens with zero attached hydrogens (tertiary/aromatic N) is 1. The average molecular weight is 362 g/mol. The number of benzene rings is 3. The average Bonchev–Trinajstić information content (AvgIpc) is 2.69. The smallest absolute Gasteiger partial charge is 0.160 e. The molecule has 0 radical (unpaired) electrons. The highest BCUT2D eigenvalue weighted by Crippen LogP contribution is 2.36. The van der Waals surface area contributed by atoms with Gasteiger partial charge in [-0.1, -0.05) is 72.4 Å². The molecule has 3 nitrogen and oxygen atoms in total. The monoisotopic (exact) mass is 362 g/mol. The molecule has 4 heteroatoms. The van der Waals surface area contributed by atoms with Crippen molar-refractivity contribution in [2.45, 2.75) is 12.2 Å². The highest BCUT2D eigenvalue weighted by Gasteiger charge is 2.16. The normalized spacial score (nSPS) is 11.5. The van der Waals surface area contributed by atoms with Crippen LogP contribution in [-0.2, 0) is 0 Å². The molecule has 0 heterocycles. The molecule has 0 amide bonds. The molecule has 0 bridgehead atoms. The molecule has 0 atom stereocenters. The predicted molar refractivity (Wildman–Crippen MR) is 111 cm³/mol. The van der Waals surface area contributed by atoms with E-state index in [1.165, 1.54) is 11.1 Å². The summed E-state index contributed by atoms with van der Waals surface area (Å²) in [5.41, 5.74) is 9.48. The first kappa shape index (κ1) is 18.1. The maximum absolute atomic E-state index is 6.26. The Morgan fingerprint density at radius 1 is 0.885 bits per heavy atom. The van der Waals surface area contributed by atoms with E-state index in [1.54, 1.807) is 11.8 Å². The van der Waals surface area contributed by atoms with E-state index in [0.717, 1.165) is 11.4 Å². The Bertz CT molecular complexity index is 794. The zero-order valence-corrected chi connectivity index (χ0v) is 15.5. The van der Waals surface area contributed by atoms with Gasteiger partial charge in [0.25, 0.3) is 0 Å². The van der Waals surface area contributed by atoms with E-state index >= 15 is 0 Å². The van der Waals surface area contributed by atoms with Crippen LogP contribution in [0.15, 0.2) is 89.9 Å². The Kier molecular flexibility index (Phi) is 6.34. The summed E-state index contributed by atoms with van der Waals surface area (Å²) in [7, 11) is 0. The van der Waals surface area contributed by atoms with E-state index in [-0.39, 0.29) is 5.25 Å². The van der Waals surface area contributed by atoms with E-state index < -0.39 is 0 Å². The molecule has 0 aromatic heterocycles. The number of rotatable bonds is 6. The van der Waals surface area contributed by atoms with Crippen LogP contribution in [-0.4, -0.2) is 11.8 Å². The molecule has 3 aromatic rings. The van der Waals surface area contributed by atoms with Gasteiger partial charge in [-0.2, -0.15) is 0 Å². The molecule has 0 fully saturated rings. The van der Waals surface area contributed by atoms with Crippen molar-refractivity contribution in [3.8, 4) is 5.75 Å². The lowest BCUT2D eigenvalue weighted by molar-refractivity contribution is 0.340. The van der Waals surface area contributed by atoms with Crippen LogP contribution in [0.5, 0.6) is 5.75 Å². The van der Waals surface area contributed by atoms with Gasteiger partial charge >= 0.3 is 0 Å². The van der Waals surface area contributed by atoms with Crippen molar-refractivity contribution in [3.05, 3.63) is 96.1 Å². The van der Waals surface area contributed by atoms with E-state index in [4.69, 9.17) is 10.5 Å². The van der Waals surface area contributed by atoms with Gasteiger partial charge in [0, 0.05) is 0 Å². The lowest BCUT2D eigenvalue weighted by Gasteiger charge is -2.17. The summed E-state index contributed by atoms with van der Waals surface area (Å²) in [6.45, 7) is 2.62. The second-order valence-corrected chi connectivity index (χ2v) is 6.82. The zero-order chi connectivity index (χ0) is 18.2. The topological polar surface area (TPSA) is 47.6 Å². The maximum atomic E-state index is 6.26. The molecule has 0 aliphatic rings. The van der Waals surface area contributed by atoms with Crippen molar-refractivity contribution < 1.29 is 4.74 Å². The molecule has 2 N–H and O–H groups in total. The minimum absolute atomic E-state index is 0.101. The Labute approximate surface area is 158 Å². The minimum atomic E-state index is 0.101. The van der Waals surface area contributed by atoms with E-state index in [1.807, 2.05) is 67.6 Å². The first-order valence-electron chi connectivity index (χ1n) is 8.60. The largest absolute Gasteiger partial charge is 0.494 e. The molecule has 0 aliphatic heterocycles. The minimum Gasteiger partial charge on any atom is -0.494 e. The van der Waals surface area contributed by atoms with Gasteiger partial charge in [-0.05, 0) is 42.3 Å². The number of hydrogen-bond acceptors (Lipinski definition) is 3. The SMILES string of the molecule is CCOc1ccc(N=C(N)SC(c2ccccc2)c2ccccc2)cc1. The van der Waals surface area contributed by atoms with Gasteiger partial charge in [0.15, 0.2) is 5.17 Å². The fourth-order valence-corrected chi connectivity index (χ4v) is 3.63. The summed E-state index contributed by atoms with van der Waals surface area (Å²) in [6.07, 6.45) is 0. The lowest BCUT2D eigenvalue weighted by Crippen LogP contribution is -2.10. The molecule has 0 saturated carbocycles. The number of hydrogen-bond donors (Lipinski definition) is 1. The zero-order valence-electron chi connectivity index (χ0n) is 14.7. The van der Waals surface area contributed by atoms with Gasteiger partial charge in [0.05, 0.1) is 17.5 Å². The molecule has 132 valence electrons. The van der Waals surface area contributed by atoms with Crippen molar-refractivity contribution in [2.24, 2.45) is 10.7 Å². The quantitative estimate of drug-likeness (QED) is 0.462. The van der Waals surface area contributed by atoms with Crippen molar-refractivity contribution in [1.82, 2.24) is 0 Å². The van der Waals surface area contributed by atoms with Crippen LogP contribution in [0.2, 0.25) is 0 Å². The van der Waals surface area contributed by atoms with Crippen molar-refractivity contribution in [3.63, 3.8) is 0 Å². The van der Waals surface area contributed by atoms with E-state index in [0.29, 0.717) is 11.8 Å². The van der Waals surface area contributed by atoms with E-state index in [2.05, 4.69) is 29.3 Å². The Morgan fingerprint density at radius 2 is 1.42 bits per heavy atom. The van der Waals surface area contributed by atoms with Gasteiger partial charge in [-0.25, -0.2) is 4.99 Å². The summed E-state index contributed by atoms with van der Waals surface area (Å²) < 4.78 is 5.46. The maximum Gasteiger partial charge on any atom is 0.160 e. The van der Waals surface area contributed by atoms with Crippen LogP contribution in [0.25, 0.3) is 0 Å². The highest BCUT2D eigenvalue weighted by molar-refractivity contribution is 8.14. The van der Waals surface area contributed by atoms with Crippen LogP contribution >= 0.6 is 11.8 Å². The first-order valence-corrected chi connectivity index (χ1v) is 9.48. The fourth-order valence-electron chi connectivity index (χ4n) is 2.64. The predicted octanol–water partition coefficient (Wildman–Crippen LogP) is 5.55. The summed E-state index contributed by atoms with van der Waals surface area (Å²) in [6, 6.07) is 28.4. The summed E-state index contributed by atoms with van der Waals surface area (Å²) in [4.78, 5) is 4.55. The number of aliphatic imine (C=N–C) groups is 1. The third-order valence-corrected chi connectivity index (χ3v) is 4.94. The lowest BCUT2D eigenvalue weighted by atomic mass is 10.0. The molecule has 3 rings (SSSR count). The van der Waals surface area contributed by atoms with Crippen LogP contribution in [0.3, 0.4) is 0 Å². The molecule has 26 heavy (non-hydrogen) atoms. The number of thioether (sulfide) groups is 1. The van der Waals surface area contributed by atoms with Crippen LogP contribution < -0.4 is 10.5 Å². The first-order chi connectivity index (χ1) is 12.8. The molecule has 0 saturated heterocycles. The van der Waals surface area contributed by atoms with E-state index in [9.17, 15) is 0 Å². The highest BCUT2D eigenvalue weighted by atomic mass is 32.2. The van der Waals surface area contributed by atoms with Crippen LogP contribution in [0, 0.1) is 0 Å². The second kappa shape index (κ2) is 9.11. The third-order valence-electron chi connectivity index (χ3n) is 3.83. The molecular formula is C22H22N2OS. The molecule has 3 aromatic carbocycles. The van der Waals surface area contributed by atoms with Crippen LogP contribution in [0.4, 0.5) is 5.69 Å². The fraction of sp³-hybridized carbons (Fsp3) is 0.136. The summed E-state index contributed by atoms with van der Waals surface area (Å²) >= 11 is 1.56. The van der Waals surface area contributed by atoms with Crippen molar-refractivity contribution >= 4 is 22.6 Å². The summed E-state index contributed by atoms with van der Waals surface area (Å²) in [5.74, 6) is 0.837. The molecule has 0 spiro atoms. The Morgan fingerprint density at radius 3 is 1.92 bits per heavy atom.